The number of rotatable bonds is 15. The van der Waals surface area contributed by atoms with Gasteiger partial charge in [0.2, 0.25) is 6.41 Å². The van der Waals surface area contributed by atoms with E-state index in [2.05, 4.69) is 38.4 Å². The van der Waals surface area contributed by atoms with Crippen molar-refractivity contribution in [3.8, 4) is 0 Å². The van der Waals surface area contributed by atoms with Gasteiger partial charge < -0.3 is 20.7 Å². The van der Waals surface area contributed by atoms with Crippen LogP contribution in [-0.2, 0) is 29.0 Å². The van der Waals surface area contributed by atoms with E-state index >= 15 is 0 Å². The van der Waals surface area contributed by atoms with E-state index in [1.54, 1.807) is 11.7 Å². The lowest BCUT2D eigenvalue weighted by molar-refractivity contribution is -0.108. The van der Waals surface area contributed by atoms with Crippen molar-refractivity contribution < 1.29 is 19.1 Å². The minimum atomic E-state index is -0.527. The minimum absolute atomic E-state index is 0.117. The number of nitrogens with one attached hydrogen (secondary N) is 4. The van der Waals surface area contributed by atoms with Gasteiger partial charge in [0.05, 0.1) is 10.4 Å². The molecule has 2 aromatic carbocycles. The summed E-state index contributed by atoms with van der Waals surface area (Å²) in [6.45, 7) is 1.11. The lowest BCUT2D eigenvalue weighted by Gasteiger charge is -2.24. The molecule has 0 saturated carbocycles. The number of thiazole rings is 1. The predicted octanol–water partition coefficient (Wildman–Crippen LogP) is 3.42. The summed E-state index contributed by atoms with van der Waals surface area (Å²) >= 11 is 1.44. The zero-order valence-electron chi connectivity index (χ0n) is 20.6. The first-order chi connectivity index (χ1) is 18.1. The summed E-state index contributed by atoms with van der Waals surface area (Å²) in [6, 6.07) is 19.7. The number of aromatic nitrogens is 1. The Morgan fingerprint density at radius 2 is 1.57 bits per heavy atom. The molecule has 196 valence electrons. The zero-order valence-corrected chi connectivity index (χ0v) is 21.4. The molecule has 37 heavy (non-hydrogen) atoms. The van der Waals surface area contributed by atoms with Crippen molar-refractivity contribution in [1.82, 2.24) is 26.3 Å². The fourth-order valence-electron chi connectivity index (χ4n) is 3.92. The van der Waals surface area contributed by atoms with E-state index < -0.39 is 12.1 Å². The number of nitrogens with zero attached hydrogens (tertiary/aromatic N) is 1. The predicted molar refractivity (Wildman–Crippen MR) is 143 cm³/mol. The van der Waals surface area contributed by atoms with Crippen molar-refractivity contribution in [2.75, 3.05) is 13.1 Å². The second-order valence-electron chi connectivity index (χ2n) is 8.51. The zero-order chi connectivity index (χ0) is 26.1. The summed E-state index contributed by atoms with van der Waals surface area (Å²) in [5.74, 6) is 0. The first-order valence-corrected chi connectivity index (χ1v) is 13.1. The third-order valence-electron chi connectivity index (χ3n) is 5.70. The molecule has 0 spiro atoms. The number of urea groups is 1. The molecule has 1 aromatic heterocycles. The Kier molecular flexibility index (Phi) is 12.1. The molecule has 0 aliphatic carbocycles. The molecule has 1 heterocycles. The fourth-order valence-corrected chi connectivity index (χ4v) is 4.42. The highest BCUT2D eigenvalue weighted by Crippen LogP contribution is 2.14. The Bertz CT molecular complexity index is 1070. The van der Waals surface area contributed by atoms with Gasteiger partial charge in [0.25, 0.3) is 0 Å². The summed E-state index contributed by atoms with van der Waals surface area (Å²) in [5.41, 5.74) is 4.04. The van der Waals surface area contributed by atoms with Crippen molar-refractivity contribution in [2.24, 2.45) is 0 Å². The largest absolute Gasteiger partial charge is 0.444 e. The van der Waals surface area contributed by atoms with E-state index in [9.17, 15) is 14.4 Å². The van der Waals surface area contributed by atoms with Crippen LogP contribution in [0.15, 0.2) is 72.4 Å². The molecule has 2 atom stereocenters. The molecule has 0 bridgehead atoms. The van der Waals surface area contributed by atoms with Gasteiger partial charge >= 0.3 is 12.1 Å². The Morgan fingerprint density at radius 1 is 0.919 bits per heavy atom. The van der Waals surface area contributed by atoms with Crippen LogP contribution < -0.4 is 21.3 Å². The van der Waals surface area contributed by atoms with Crippen molar-refractivity contribution in [3.63, 3.8) is 0 Å². The van der Waals surface area contributed by atoms with Crippen LogP contribution >= 0.6 is 11.3 Å². The van der Waals surface area contributed by atoms with Crippen LogP contribution in [0.1, 0.15) is 28.8 Å². The standard InChI is InChI=1S/C27H33N5O4S/c33-19-31-26(34)30-14-13-29-23(15-21-7-3-1-4-8-21)11-12-24(16-22-9-5-2-6-10-22)32-27(35)36-18-25-17-28-20-37-25/h1-10,17,19-20,23-24,29H,11-16,18H2,(H,32,35)(H2,30,31,33,34). The van der Waals surface area contributed by atoms with E-state index in [4.69, 9.17) is 4.74 Å². The summed E-state index contributed by atoms with van der Waals surface area (Å²) in [4.78, 5) is 39.3. The molecule has 0 radical (unpaired) electrons. The first-order valence-electron chi connectivity index (χ1n) is 12.2. The van der Waals surface area contributed by atoms with Crippen molar-refractivity contribution >= 4 is 29.9 Å². The molecule has 0 saturated heterocycles. The average molecular weight is 524 g/mol. The molecule has 0 fully saturated rings. The molecule has 4 N–H and O–H groups in total. The number of hydrogen-bond acceptors (Lipinski definition) is 7. The van der Waals surface area contributed by atoms with Gasteiger partial charge in [-0.15, -0.1) is 11.3 Å². The smallest absolute Gasteiger partial charge is 0.407 e. The number of imide groups is 1. The Hall–Kier alpha value is -3.76. The minimum Gasteiger partial charge on any atom is -0.444 e. The summed E-state index contributed by atoms with van der Waals surface area (Å²) < 4.78 is 5.41. The van der Waals surface area contributed by atoms with E-state index in [1.807, 2.05) is 48.5 Å². The molecule has 4 amide bonds. The van der Waals surface area contributed by atoms with Crippen LogP contribution in [-0.4, -0.2) is 48.7 Å². The van der Waals surface area contributed by atoms with Crippen LogP contribution in [0.25, 0.3) is 0 Å². The molecule has 0 aliphatic rings. The van der Waals surface area contributed by atoms with Gasteiger partial charge in [-0.05, 0) is 36.8 Å². The highest BCUT2D eigenvalue weighted by molar-refractivity contribution is 7.09. The number of ether oxygens (including phenoxy) is 1. The maximum absolute atomic E-state index is 12.6. The Morgan fingerprint density at radius 3 is 2.19 bits per heavy atom. The third-order valence-corrected chi connectivity index (χ3v) is 6.45. The molecule has 9 nitrogen and oxygen atoms in total. The van der Waals surface area contributed by atoms with Crippen molar-refractivity contribution in [1.29, 1.82) is 0 Å². The molecule has 3 aromatic rings. The number of amides is 4. The first kappa shape index (κ1) is 27.8. The molecule has 2 unspecified atom stereocenters. The van der Waals surface area contributed by atoms with Crippen LogP contribution in [0.3, 0.4) is 0 Å². The van der Waals surface area contributed by atoms with Crippen molar-refractivity contribution in [2.45, 2.75) is 44.4 Å². The summed E-state index contributed by atoms with van der Waals surface area (Å²) in [7, 11) is 0. The normalized spacial score (nSPS) is 12.2. The van der Waals surface area contributed by atoms with E-state index in [0.717, 1.165) is 29.7 Å². The lowest BCUT2D eigenvalue weighted by Crippen LogP contribution is -2.42. The van der Waals surface area contributed by atoms with Crippen LogP contribution in [0, 0.1) is 0 Å². The number of carbonyl (C=O) groups is 3. The number of benzene rings is 2. The van der Waals surface area contributed by atoms with E-state index in [-0.39, 0.29) is 18.7 Å². The second kappa shape index (κ2) is 16.1. The molecular formula is C27H33N5O4S. The Labute approximate surface area is 221 Å². The molecular weight excluding hydrogens is 490 g/mol. The third kappa shape index (κ3) is 11.2. The van der Waals surface area contributed by atoms with Gasteiger partial charge in [0.15, 0.2) is 0 Å². The molecule has 3 rings (SSSR count). The van der Waals surface area contributed by atoms with Gasteiger partial charge in [-0.2, -0.15) is 0 Å². The summed E-state index contributed by atoms with van der Waals surface area (Å²) in [6.07, 6.45) is 4.60. The lowest BCUT2D eigenvalue weighted by atomic mass is 9.96. The highest BCUT2D eigenvalue weighted by atomic mass is 32.1. The van der Waals surface area contributed by atoms with E-state index in [0.29, 0.717) is 25.9 Å². The molecule has 10 heteroatoms. The van der Waals surface area contributed by atoms with E-state index in [1.165, 1.54) is 16.9 Å². The van der Waals surface area contributed by atoms with Gasteiger partial charge in [-0.1, -0.05) is 60.7 Å². The van der Waals surface area contributed by atoms with Gasteiger partial charge in [0.1, 0.15) is 6.61 Å². The average Bonchev–Trinajstić information content (AvgIpc) is 3.43. The summed E-state index contributed by atoms with van der Waals surface area (Å²) in [5, 5.41) is 11.2. The van der Waals surface area contributed by atoms with Crippen LogP contribution in [0.4, 0.5) is 9.59 Å². The van der Waals surface area contributed by atoms with Crippen LogP contribution in [0.5, 0.6) is 0 Å². The number of hydrogen-bond donors (Lipinski definition) is 4. The molecule has 0 aliphatic heterocycles. The van der Waals surface area contributed by atoms with Gasteiger partial charge in [-0.25, -0.2) is 9.59 Å². The van der Waals surface area contributed by atoms with Crippen molar-refractivity contribution in [3.05, 3.63) is 88.4 Å². The maximum Gasteiger partial charge on any atom is 0.407 e. The fraction of sp³-hybridized carbons (Fsp3) is 0.333. The maximum atomic E-state index is 12.6. The monoisotopic (exact) mass is 523 g/mol. The Balaban J connectivity index is 1.58. The number of carbonyl (C=O) groups excluding carboxylic acids is 3. The second-order valence-corrected chi connectivity index (χ2v) is 9.48. The SMILES string of the molecule is O=CNC(=O)NCCNC(CCC(Cc1ccccc1)NC(=O)OCc1cncs1)Cc1ccccc1. The van der Waals surface area contributed by atoms with Crippen LogP contribution in [0.2, 0.25) is 0 Å². The topological polar surface area (TPSA) is 121 Å². The quantitative estimate of drug-likeness (QED) is 0.179. The number of alkyl carbamates (subject to hydrolysis) is 1. The van der Waals surface area contributed by atoms with Gasteiger partial charge in [-0.3, -0.25) is 15.1 Å². The highest BCUT2D eigenvalue weighted by Gasteiger charge is 2.18. The van der Waals surface area contributed by atoms with Gasteiger partial charge in [0, 0.05) is 31.4 Å².